The van der Waals surface area contributed by atoms with Gasteiger partial charge in [-0.15, -0.1) is 11.3 Å². The maximum atomic E-state index is 12.3. The van der Waals surface area contributed by atoms with Gasteiger partial charge in [0.25, 0.3) is 0 Å². The molecule has 20 heavy (non-hydrogen) atoms. The molecule has 0 fully saturated rings. The first-order valence-electron chi connectivity index (χ1n) is 6.35. The van der Waals surface area contributed by atoms with Gasteiger partial charge in [-0.05, 0) is 39.7 Å². The van der Waals surface area contributed by atoms with Gasteiger partial charge in [-0.1, -0.05) is 29.3 Å². The zero-order chi connectivity index (χ0) is 15.3. The molecule has 0 aliphatic heterocycles. The number of rotatable bonds is 6. The molecule has 1 aromatic heterocycles. The molecule has 0 saturated carbocycles. The highest BCUT2D eigenvalue weighted by molar-refractivity contribution is 7.90. The molecule has 1 N–H and O–H groups in total. The van der Waals surface area contributed by atoms with Crippen LogP contribution in [0.25, 0.3) is 0 Å². The fourth-order valence-corrected chi connectivity index (χ4v) is 2.90. The topological polar surface area (TPSA) is 48.0 Å². The molecule has 1 aromatic rings. The summed E-state index contributed by atoms with van der Waals surface area (Å²) in [5.41, 5.74) is 0.801. The fourth-order valence-electron chi connectivity index (χ4n) is 1.54. The molecule has 1 heterocycles. The summed E-state index contributed by atoms with van der Waals surface area (Å²) in [7, 11) is 0. The second-order valence-electron chi connectivity index (χ2n) is 5.45. The summed E-state index contributed by atoms with van der Waals surface area (Å²) in [6.45, 7) is 9.47. The van der Waals surface area contributed by atoms with Gasteiger partial charge < -0.3 is 4.55 Å². The number of halogens is 2. The van der Waals surface area contributed by atoms with Crippen molar-refractivity contribution in [3.05, 3.63) is 40.7 Å². The lowest BCUT2D eigenvalue weighted by atomic mass is 10.1. The van der Waals surface area contributed by atoms with E-state index in [1.807, 2.05) is 26.8 Å². The molecular formula is C14H20Cl2N2OS. The first-order chi connectivity index (χ1) is 9.25. The van der Waals surface area contributed by atoms with Gasteiger partial charge in [-0.2, -0.15) is 0 Å². The Morgan fingerprint density at radius 1 is 1.50 bits per heavy atom. The van der Waals surface area contributed by atoms with E-state index in [0.717, 1.165) is 18.4 Å². The lowest BCUT2D eigenvalue weighted by Crippen LogP contribution is -2.41. The Morgan fingerprint density at radius 2 is 2.15 bits per heavy atom. The van der Waals surface area contributed by atoms with Gasteiger partial charge in [0.2, 0.25) is 0 Å². The summed E-state index contributed by atoms with van der Waals surface area (Å²) in [5.74, 6) is 0. The van der Waals surface area contributed by atoms with Crippen LogP contribution >= 0.6 is 23.2 Å². The van der Waals surface area contributed by atoms with Gasteiger partial charge in [0, 0.05) is 23.1 Å². The summed E-state index contributed by atoms with van der Waals surface area (Å²) >= 11 is 10.8. The summed E-state index contributed by atoms with van der Waals surface area (Å²) < 4.78 is 15.1. The number of hydrogen-bond donors (Lipinski definition) is 1. The largest absolute Gasteiger partial charge is 0.598 e. The number of hydrogen-bond acceptors (Lipinski definition) is 3. The van der Waals surface area contributed by atoms with Crippen LogP contribution in [0, 0.1) is 0 Å². The minimum atomic E-state index is -1.19. The average molecular weight is 335 g/mol. The third-order valence-electron chi connectivity index (χ3n) is 2.69. The van der Waals surface area contributed by atoms with Crippen LogP contribution in [0.1, 0.15) is 45.2 Å². The second-order valence-corrected chi connectivity index (χ2v) is 8.24. The summed E-state index contributed by atoms with van der Waals surface area (Å²) in [5, 5.41) is 0.871. The van der Waals surface area contributed by atoms with E-state index in [0.29, 0.717) is 10.2 Å². The van der Waals surface area contributed by atoms with E-state index in [2.05, 4.69) is 16.3 Å². The van der Waals surface area contributed by atoms with E-state index >= 15 is 0 Å². The molecule has 0 bridgehead atoms. The highest BCUT2D eigenvalue weighted by Gasteiger charge is 2.30. The Bertz CT molecular complexity index is 463. The first kappa shape index (κ1) is 17.8. The van der Waals surface area contributed by atoms with E-state index in [-0.39, 0.29) is 10.8 Å². The molecule has 0 spiro atoms. The first-order valence-corrected chi connectivity index (χ1v) is 8.26. The second kappa shape index (κ2) is 7.66. The highest BCUT2D eigenvalue weighted by atomic mass is 35.5. The molecule has 6 heteroatoms. The smallest absolute Gasteiger partial charge is 0.136 e. The quantitative estimate of drug-likeness (QED) is 0.475. The van der Waals surface area contributed by atoms with Gasteiger partial charge in [-0.3, -0.25) is 0 Å². The Morgan fingerprint density at radius 3 is 2.65 bits per heavy atom. The van der Waals surface area contributed by atoms with Crippen LogP contribution in [-0.4, -0.2) is 14.3 Å². The van der Waals surface area contributed by atoms with E-state index in [1.165, 1.54) is 0 Å². The van der Waals surface area contributed by atoms with Gasteiger partial charge in [0.15, 0.2) is 0 Å². The zero-order valence-electron chi connectivity index (χ0n) is 12.0. The molecule has 0 aliphatic rings. The number of pyridine rings is 1. The molecule has 0 saturated heterocycles. The predicted octanol–water partition coefficient (Wildman–Crippen LogP) is 4.45. The average Bonchev–Trinajstić information content (AvgIpc) is 2.33. The lowest BCUT2D eigenvalue weighted by molar-refractivity contribution is 0.513. The number of aromatic nitrogens is 1. The zero-order valence-corrected chi connectivity index (χ0v) is 14.3. The van der Waals surface area contributed by atoms with Crippen molar-refractivity contribution in [3.63, 3.8) is 0 Å². The van der Waals surface area contributed by atoms with Crippen molar-refractivity contribution >= 4 is 34.6 Å². The van der Waals surface area contributed by atoms with Crippen molar-refractivity contribution in [2.24, 2.45) is 0 Å². The Balaban J connectivity index is 2.96. The van der Waals surface area contributed by atoms with Crippen molar-refractivity contribution in [1.29, 1.82) is 0 Å². The fraction of sp³-hybridized carbons (Fsp3) is 0.500. The van der Waals surface area contributed by atoms with E-state index in [1.54, 1.807) is 12.3 Å². The maximum absolute atomic E-state index is 12.3. The molecule has 1 unspecified atom stereocenters. The standard InChI is InChI=1S/C14H20Cl2N2OS/c1-5-6-7-12(18-20(19)14(2,3)4)10-9-17-13(16)8-11(10)15/h5,8-9,12,18H,1,6-7H2,2-4H3/t12?,20-/m0/s1. The van der Waals surface area contributed by atoms with Crippen molar-refractivity contribution in [3.8, 4) is 0 Å². The van der Waals surface area contributed by atoms with Crippen molar-refractivity contribution in [2.75, 3.05) is 0 Å². The number of nitrogens with zero attached hydrogens (tertiary/aromatic N) is 1. The minimum Gasteiger partial charge on any atom is -0.598 e. The molecular weight excluding hydrogens is 315 g/mol. The molecule has 0 aromatic carbocycles. The molecule has 112 valence electrons. The van der Waals surface area contributed by atoms with Crippen LogP contribution in [0.2, 0.25) is 10.2 Å². The molecule has 1 rings (SSSR count). The predicted molar refractivity (Wildman–Crippen MR) is 87.5 cm³/mol. The Kier molecular flexibility index (Phi) is 6.82. The van der Waals surface area contributed by atoms with Gasteiger partial charge >= 0.3 is 0 Å². The summed E-state index contributed by atoms with van der Waals surface area (Å²) in [4.78, 5) is 4.05. The van der Waals surface area contributed by atoms with Crippen molar-refractivity contribution < 1.29 is 4.55 Å². The van der Waals surface area contributed by atoms with Crippen LogP contribution in [-0.2, 0) is 11.4 Å². The molecule has 0 radical (unpaired) electrons. The summed E-state index contributed by atoms with van der Waals surface area (Å²) in [6.07, 6.45) is 4.99. The van der Waals surface area contributed by atoms with Crippen LogP contribution in [0.4, 0.5) is 0 Å². The number of nitrogens with one attached hydrogen (secondary N) is 1. The minimum absolute atomic E-state index is 0.148. The van der Waals surface area contributed by atoms with Crippen LogP contribution in [0.15, 0.2) is 24.9 Å². The molecule has 0 amide bonds. The van der Waals surface area contributed by atoms with Crippen molar-refractivity contribution in [2.45, 2.75) is 44.4 Å². The Labute approximate surface area is 134 Å². The highest BCUT2D eigenvalue weighted by Crippen LogP contribution is 2.29. The van der Waals surface area contributed by atoms with Gasteiger partial charge in [0.05, 0.1) is 11.1 Å². The van der Waals surface area contributed by atoms with E-state index in [4.69, 9.17) is 23.2 Å². The maximum Gasteiger partial charge on any atom is 0.136 e. The lowest BCUT2D eigenvalue weighted by Gasteiger charge is -2.28. The number of allylic oxidation sites excluding steroid dienone is 1. The SMILES string of the molecule is C=CCCC(N[S@@+]([O-])C(C)(C)C)c1cnc(Cl)cc1Cl. The molecule has 2 atom stereocenters. The normalized spacial score (nSPS) is 14.9. The Hall–Kier alpha value is -0.260. The third kappa shape index (κ3) is 5.26. The van der Waals surface area contributed by atoms with Crippen LogP contribution < -0.4 is 4.72 Å². The third-order valence-corrected chi connectivity index (χ3v) is 4.83. The van der Waals surface area contributed by atoms with Gasteiger partial charge in [0.1, 0.15) is 9.90 Å². The van der Waals surface area contributed by atoms with Crippen molar-refractivity contribution in [1.82, 2.24) is 9.71 Å². The molecule has 0 aliphatic carbocycles. The van der Waals surface area contributed by atoms with Crippen LogP contribution in [0.5, 0.6) is 0 Å². The van der Waals surface area contributed by atoms with Crippen LogP contribution in [0.3, 0.4) is 0 Å². The summed E-state index contributed by atoms with van der Waals surface area (Å²) in [6, 6.07) is 1.45. The van der Waals surface area contributed by atoms with E-state index in [9.17, 15) is 4.55 Å². The molecule has 3 nitrogen and oxygen atoms in total. The monoisotopic (exact) mass is 334 g/mol. The van der Waals surface area contributed by atoms with E-state index < -0.39 is 11.4 Å². The van der Waals surface area contributed by atoms with Gasteiger partial charge in [-0.25, -0.2) is 4.98 Å².